The molecule has 0 bridgehead atoms. The summed E-state index contributed by atoms with van der Waals surface area (Å²) in [5, 5.41) is 10.1. The minimum atomic E-state index is -0.182. The molecule has 4 heteroatoms. The van der Waals surface area contributed by atoms with Crippen LogP contribution in [0.25, 0.3) is 0 Å². The molecule has 0 aliphatic carbocycles. The number of fused-ring (bicyclic) bond motifs is 1. The lowest BCUT2D eigenvalue weighted by Gasteiger charge is -2.48. The van der Waals surface area contributed by atoms with Crippen LogP contribution in [0.5, 0.6) is 0 Å². The number of aliphatic hydroxyl groups is 1. The topological polar surface area (TPSA) is 35.9 Å². The van der Waals surface area contributed by atoms with Crippen LogP contribution in [0.4, 0.5) is 0 Å². The van der Waals surface area contributed by atoms with Crippen molar-refractivity contribution >= 4 is 0 Å². The Bertz CT molecular complexity index is 262. The van der Waals surface area contributed by atoms with E-state index in [4.69, 9.17) is 4.74 Å². The van der Waals surface area contributed by atoms with Crippen LogP contribution in [0.3, 0.4) is 0 Å². The second kappa shape index (κ2) is 5.22. The lowest BCUT2D eigenvalue weighted by molar-refractivity contribution is -0.0831. The number of piperazine rings is 1. The van der Waals surface area contributed by atoms with Crippen molar-refractivity contribution in [2.75, 3.05) is 39.4 Å². The van der Waals surface area contributed by atoms with Crippen LogP contribution in [0.15, 0.2) is 0 Å². The Labute approximate surface area is 104 Å². The SMILES string of the molecule is OC1CCOCC1N1CCN2CCCCC2C1. The number of aliphatic hydroxyl groups excluding tert-OH is 1. The van der Waals surface area contributed by atoms with Crippen LogP contribution in [0.2, 0.25) is 0 Å². The van der Waals surface area contributed by atoms with Gasteiger partial charge < -0.3 is 9.84 Å². The summed E-state index contributed by atoms with van der Waals surface area (Å²) < 4.78 is 5.53. The average molecular weight is 240 g/mol. The maximum absolute atomic E-state index is 10.1. The zero-order valence-electron chi connectivity index (χ0n) is 10.6. The number of nitrogens with zero attached hydrogens (tertiary/aromatic N) is 2. The molecule has 3 heterocycles. The van der Waals surface area contributed by atoms with Gasteiger partial charge in [-0.1, -0.05) is 6.42 Å². The summed E-state index contributed by atoms with van der Waals surface area (Å²) >= 11 is 0. The van der Waals surface area contributed by atoms with E-state index in [-0.39, 0.29) is 12.1 Å². The number of piperidine rings is 1. The highest BCUT2D eigenvalue weighted by molar-refractivity contribution is 4.91. The third-order valence-corrected chi connectivity index (χ3v) is 4.63. The molecule has 3 aliphatic rings. The van der Waals surface area contributed by atoms with Gasteiger partial charge >= 0.3 is 0 Å². The van der Waals surface area contributed by atoms with Crippen LogP contribution in [-0.4, -0.2) is 72.5 Å². The van der Waals surface area contributed by atoms with E-state index in [1.54, 1.807) is 0 Å². The van der Waals surface area contributed by atoms with Crippen molar-refractivity contribution in [1.82, 2.24) is 9.80 Å². The standard InChI is InChI=1S/C13H24N2O2/c16-13-4-8-17-10-12(13)15-7-6-14-5-2-1-3-11(14)9-15/h11-13,16H,1-10H2. The summed E-state index contributed by atoms with van der Waals surface area (Å²) in [6.45, 7) is 6.12. The number of ether oxygens (including phenoxy) is 1. The van der Waals surface area contributed by atoms with Gasteiger partial charge in [0.05, 0.1) is 18.8 Å². The van der Waals surface area contributed by atoms with E-state index in [1.165, 1.54) is 32.4 Å². The number of hydrogen-bond acceptors (Lipinski definition) is 4. The van der Waals surface area contributed by atoms with Crippen molar-refractivity contribution in [2.24, 2.45) is 0 Å². The highest BCUT2D eigenvalue weighted by Gasteiger charge is 2.35. The molecule has 0 saturated carbocycles. The third kappa shape index (κ3) is 2.50. The molecule has 3 unspecified atom stereocenters. The van der Waals surface area contributed by atoms with Crippen LogP contribution >= 0.6 is 0 Å². The minimum Gasteiger partial charge on any atom is -0.391 e. The quantitative estimate of drug-likeness (QED) is 0.715. The van der Waals surface area contributed by atoms with Gasteiger partial charge in [-0.25, -0.2) is 0 Å². The molecule has 0 radical (unpaired) electrons. The van der Waals surface area contributed by atoms with Gasteiger partial charge in [-0.05, 0) is 25.8 Å². The summed E-state index contributed by atoms with van der Waals surface area (Å²) in [4.78, 5) is 5.10. The van der Waals surface area contributed by atoms with E-state index in [1.807, 2.05) is 0 Å². The van der Waals surface area contributed by atoms with E-state index in [2.05, 4.69) is 9.80 Å². The summed E-state index contributed by atoms with van der Waals surface area (Å²) in [7, 11) is 0. The highest BCUT2D eigenvalue weighted by Crippen LogP contribution is 2.24. The predicted octanol–water partition coefficient (Wildman–Crippen LogP) is 0.306. The fourth-order valence-corrected chi connectivity index (χ4v) is 3.54. The smallest absolute Gasteiger partial charge is 0.0739 e. The van der Waals surface area contributed by atoms with Crippen LogP contribution in [0.1, 0.15) is 25.7 Å². The van der Waals surface area contributed by atoms with Crippen LogP contribution in [0, 0.1) is 0 Å². The first-order chi connectivity index (χ1) is 8.34. The summed E-state index contributed by atoms with van der Waals surface area (Å²) in [5.41, 5.74) is 0. The molecule has 0 aromatic carbocycles. The molecule has 17 heavy (non-hydrogen) atoms. The second-order valence-electron chi connectivity index (χ2n) is 5.68. The van der Waals surface area contributed by atoms with Gasteiger partial charge in [-0.2, -0.15) is 0 Å². The number of hydrogen-bond donors (Lipinski definition) is 1. The first-order valence-corrected chi connectivity index (χ1v) is 7.08. The van der Waals surface area contributed by atoms with E-state index >= 15 is 0 Å². The Hall–Kier alpha value is -0.160. The molecule has 0 aromatic rings. The van der Waals surface area contributed by atoms with E-state index in [0.717, 1.165) is 32.2 Å². The molecule has 0 spiro atoms. The van der Waals surface area contributed by atoms with E-state index in [9.17, 15) is 5.11 Å². The summed E-state index contributed by atoms with van der Waals surface area (Å²) in [5.74, 6) is 0. The lowest BCUT2D eigenvalue weighted by Crippen LogP contribution is -2.61. The van der Waals surface area contributed by atoms with Crippen molar-refractivity contribution in [1.29, 1.82) is 0 Å². The van der Waals surface area contributed by atoms with Crippen LogP contribution in [-0.2, 0) is 4.74 Å². The van der Waals surface area contributed by atoms with Gasteiger partial charge in [0.25, 0.3) is 0 Å². The van der Waals surface area contributed by atoms with E-state index < -0.39 is 0 Å². The molecule has 98 valence electrons. The number of rotatable bonds is 1. The van der Waals surface area contributed by atoms with Crippen molar-refractivity contribution in [3.63, 3.8) is 0 Å². The molecule has 4 nitrogen and oxygen atoms in total. The van der Waals surface area contributed by atoms with Crippen molar-refractivity contribution in [2.45, 2.75) is 43.9 Å². The molecular weight excluding hydrogens is 216 g/mol. The lowest BCUT2D eigenvalue weighted by atomic mass is 9.96. The Kier molecular flexibility index (Phi) is 3.66. The Morgan fingerprint density at radius 1 is 1.00 bits per heavy atom. The third-order valence-electron chi connectivity index (χ3n) is 4.63. The first kappa shape index (κ1) is 11.9. The van der Waals surface area contributed by atoms with Crippen LogP contribution < -0.4 is 0 Å². The molecule has 0 amide bonds. The van der Waals surface area contributed by atoms with Gasteiger partial charge in [-0.3, -0.25) is 9.80 Å². The fourth-order valence-electron chi connectivity index (χ4n) is 3.54. The second-order valence-corrected chi connectivity index (χ2v) is 5.68. The van der Waals surface area contributed by atoms with Gasteiger partial charge in [0, 0.05) is 32.3 Å². The monoisotopic (exact) mass is 240 g/mol. The zero-order valence-corrected chi connectivity index (χ0v) is 10.6. The normalized spacial score (nSPS) is 41.1. The summed E-state index contributed by atoms with van der Waals surface area (Å²) in [6.07, 6.45) is 4.69. The average Bonchev–Trinajstić information content (AvgIpc) is 2.39. The molecule has 0 aromatic heterocycles. The van der Waals surface area contributed by atoms with Crippen molar-refractivity contribution in [3.8, 4) is 0 Å². The first-order valence-electron chi connectivity index (χ1n) is 7.08. The molecule has 3 fully saturated rings. The van der Waals surface area contributed by atoms with Crippen molar-refractivity contribution < 1.29 is 9.84 Å². The fraction of sp³-hybridized carbons (Fsp3) is 1.00. The van der Waals surface area contributed by atoms with Gasteiger partial charge in [0.2, 0.25) is 0 Å². The Morgan fingerprint density at radius 2 is 1.88 bits per heavy atom. The Balaban J connectivity index is 1.60. The predicted molar refractivity (Wildman–Crippen MR) is 66.0 cm³/mol. The molecule has 1 N–H and O–H groups in total. The maximum Gasteiger partial charge on any atom is 0.0739 e. The molecule has 3 rings (SSSR count). The van der Waals surface area contributed by atoms with E-state index in [0.29, 0.717) is 6.61 Å². The molecule has 3 saturated heterocycles. The minimum absolute atomic E-state index is 0.182. The Morgan fingerprint density at radius 3 is 2.76 bits per heavy atom. The summed E-state index contributed by atoms with van der Waals surface area (Å²) in [6, 6.07) is 0.972. The largest absolute Gasteiger partial charge is 0.391 e. The highest BCUT2D eigenvalue weighted by atomic mass is 16.5. The van der Waals surface area contributed by atoms with Gasteiger partial charge in [0.1, 0.15) is 0 Å². The maximum atomic E-state index is 10.1. The molecule has 3 atom stereocenters. The molecular formula is C13H24N2O2. The molecule has 3 aliphatic heterocycles. The van der Waals surface area contributed by atoms with Gasteiger partial charge in [0.15, 0.2) is 0 Å². The zero-order chi connectivity index (χ0) is 11.7. The van der Waals surface area contributed by atoms with Gasteiger partial charge in [-0.15, -0.1) is 0 Å². The van der Waals surface area contributed by atoms with Crippen molar-refractivity contribution in [3.05, 3.63) is 0 Å².